The Morgan fingerprint density at radius 1 is 1.30 bits per heavy atom. The fourth-order valence-corrected chi connectivity index (χ4v) is 2.77. The van der Waals surface area contributed by atoms with Crippen molar-refractivity contribution < 1.29 is 14.3 Å². The van der Waals surface area contributed by atoms with Crippen LogP contribution in [0.5, 0.6) is 0 Å². The van der Waals surface area contributed by atoms with Gasteiger partial charge in [0.15, 0.2) is 5.69 Å². The molecule has 0 unspecified atom stereocenters. The van der Waals surface area contributed by atoms with Gasteiger partial charge in [-0.3, -0.25) is 9.78 Å². The van der Waals surface area contributed by atoms with Crippen LogP contribution < -0.4 is 10.2 Å². The summed E-state index contributed by atoms with van der Waals surface area (Å²) in [6, 6.07) is 3.54. The lowest BCUT2D eigenvalue weighted by molar-refractivity contribution is 0.0605. The molecule has 9 heteroatoms. The van der Waals surface area contributed by atoms with Gasteiger partial charge in [0, 0.05) is 38.2 Å². The first-order valence-corrected chi connectivity index (χ1v) is 8.74. The van der Waals surface area contributed by atoms with Gasteiger partial charge in [0.25, 0.3) is 5.91 Å². The van der Waals surface area contributed by atoms with Crippen LogP contribution in [0.1, 0.15) is 34.9 Å². The molecular weight excluding hydrogens is 348 g/mol. The second kappa shape index (κ2) is 8.09. The Balaban J connectivity index is 1.92. The van der Waals surface area contributed by atoms with Gasteiger partial charge < -0.3 is 15.0 Å². The van der Waals surface area contributed by atoms with E-state index in [1.165, 1.54) is 17.3 Å². The Morgan fingerprint density at radius 2 is 2.07 bits per heavy atom. The van der Waals surface area contributed by atoms with E-state index in [0.717, 1.165) is 5.56 Å². The van der Waals surface area contributed by atoms with Crippen LogP contribution in [0.3, 0.4) is 0 Å². The molecule has 0 fully saturated rings. The molecule has 2 aromatic rings. The maximum absolute atomic E-state index is 12.9. The van der Waals surface area contributed by atoms with E-state index in [-0.39, 0.29) is 5.69 Å². The predicted octanol–water partition coefficient (Wildman–Crippen LogP) is 1.52. The number of hydrogen-bond donors (Lipinski definition) is 1. The van der Waals surface area contributed by atoms with E-state index in [4.69, 9.17) is 4.74 Å². The van der Waals surface area contributed by atoms with Gasteiger partial charge in [-0.05, 0) is 32.5 Å². The smallest absolute Gasteiger partial charge is 0.412 e. The summed E-state index contributed by atoms with van der Waals surface area (Å²) < 4.78 is 5.68. The molecule has 27 heavy (non-hydrogen) atoms. The second-order valence-corrected chi connectivity index (χ2v) is 6.08. The SMILES string of the molecule is CCN(CCNC)C(=O)O[C@@H]1c2nccnc2C(=O)N1c1ccc(C)cn1. The number of hydrogen-bond acceptors (Lipinski definition) is 7. The summed E-state index contributed by atoms with van der Waals surface area (Å²) in [5.74, 6) is -0.0213. The standard InChI is InChI=1S/C18H22N6O3/c1-4-23(10-9-19-3)18(26)27-17-15-14(20-7-8-21-15)16(25)24(17)13-6-5-12(2)11-22-13/h5-8,11,17,19H,4,9-10H2,1-3H3/t17-/m1/s1. The first-order valence-electron chi connectivity index (χ1n) is 8.74. The molecule has 0 radical (unpaired) electrons. The van der Waals surface area contributed by atoms with Crippen molar-refractivity contribution in [1.29, 1.82) is 0 Å². The Bertz CT molecular complexity index is 826. The fourth-order valence-electron chi connectivity index (χ4n) is 2.77. The summed E-state index contributed by atoms with van der Waals surface area (Å²) in [5, 5.41) is 3.00. The average Bonchev–Trinajstić information content (AvgIpc) is 2.95. The number of pyridine rings is 1. The molecule has 0 bridgehead atoms. The van der Waals surface area contributed by atoms with Crippen LogP contribution in [0.2, 0.25) is 0 Å². The van der Waals surface area contributed by atoms with Crippen molar-refractivity contribution in [3.05, 3.63) is 47.7 Å². The molecule has 3 heterocycles. The molecule has 1 N–H and O–H groups in total. The van der Waals surface area contributed by atoms with Gasteiger partial charge in [0.05, 0.1) is 0 Å². The quantitative estimate of drug-likeness (QED) is 0.823. The minimum Gasteiger partial charge on any atom is -0.419 e. The van der Waals surface area contributed by atoms with Crippen LogP contribution in [-0.4, -0.2) is 58.5 Å². The second-order valence-electron chi connectivity index (χ2n) is 6.08. The van der Waals surface area contributed by atoms with Gasteiger partial charge in [-0.1, -0.05) is 6.07 Å². The number of likely N-dealkylation sites (N-methyl/N-ethyl adjacent to an activating group) is 2. The zero-order valence-corrected chi connectivity index (χ0v) is 15.5. The molecule has 2 amide bonds. The molecule has 0 aliphatic carbocycles. The number of aromatic nitrogens is 3. The largest absolute Gasteiger partial charge is 0.419 e. The van der Waals surface area contributed by atoms with Gasteiger partial charge in [-0.25, -0.2) is 19.7 Å². The molecule has 0 aromatic carbocycles. The zero-order chi connectivity index (χ0) is 19.4. The third kappa shape index (κ3) is 3.72. The number of carbonyl (C=O) groups excluding carboxylic acids is 2. The topological polar surface area (TPSA) is 101 Å². The number of nitrogens with zero attached hydrogens (tertiary/aromatic N) is 5. The zero-order valence-electron chi connectivity index (χ0n) is 15.5. The Morgan fingerprint density at radius 3 is 2.74 bits per heavy atom. The van der Waals surface area contributed by atoms with Crippen molar-refractivity contribution in [2.24, 2.45) is 0 Å². The molecule has 2 aromatic heterocycles. The minimum absolute atomic E-state index is 0.163. The number of anilines is 1. The first-order chi connectivity index (χ1) is 13.1. The Hall–Kier alpha value is -3.07. The molecule has 1 aliphatic rings. The number of nitrogens with one attached hydrogen (secondary N) is 1. The summed E-state index contributed by atoms with van der Waals surface area (Å²) in [7, 11) is 1.81. The van der Waals surface area contributed by atoms with Crippen molar-refractivity contribution >= 4 is 17.8 Å². The predicted molar refractivity (Wildman–Crippen MR) is 98.2 cm³/mol. The third-order valence-electron chi connectivity index (χ3n) is 4.24. The number of fused-ring (bicyclic) bond motifs is 1. The van der Waals surface area contributed by atoms with Crippen LogP contribution in [-0.2, 0) is 4.74 Å². The number of aryl methyl sites for hydroxylation is 1. The average molecular weight is 370 g/mol. The molecule has 0 saturated heterocycles. The number of rotatable bonds is 6. The highest BCUT2D eigenvalue weighted by Gasteiger charge is 2.44. The molecular formula is C18H22N6O3. The maximum Gasteiger partial charge on any atom is 0.412 e. The van der Waals surface area contributed by atoms with Crippen molar-refractivity contribution in [3.63, 3.8) is 0 Å². The van der Waals surface area contributed by atoms with E-state index >= 15 is 0 Å². The van der Waals surface area contributed by atoms with Gasteiger partial charge >= 0.3 is 6.09 Å². The van der Waals surface area contributed by atoms with E-state index in [1.54, 1.807) is 17.2 Å². The molecule has 0 saturated carbocycles. The molecule has 1 aliphatic heterocycles. The molecule has 3 rings (SSSR count). The number of ether oxygens (including phenoxy) is 1. The van der Waals surface area contributed by atoms with Gasteiger partial charge in [0.2, 0.25) is 6.23 Å². The van der Waals surface area contributed by atoms with E-state index in [9.17, 15) is 9.59 Å². The Labute approximate surface area is 157 Å². The van der Waals surface area contributed by atoms with Crippen LogP contribution in [0.25, 0.3) is 0 Å². The Kier molecular flexibility index (Phi) is 5.60. The summed E-state index contributed by atoms with van der Waals surface area (Å²) in [4.78, 5) is 41.0. The van der Waals surface area contributed by atoms with Gasteiger partial charge in [0.1, 0.15) is 11.5 Å². The molecule has 9 nitrogen and oxygen atoms in total. The van der Waals surface area contributed by atoms with E-state index < -0.39 is 18.2 Å². The highest BCUT2D eigenvalue weighted by Crippen LogP contribution is 2.35. The van der Waals surface area contributed by atoms with Crippen molar-refractivity contribution in [3.8, 4) is 0 Å². The normalized spacial score (nSPS) is 15.6. The van der Waals surface area contributed by atoms with E-state index in [2.05, 4.69) is 20.3 Å². The van der Waals surface area contributed by atoms with Gasteiger partial charge in [-0.15, -0.1) is 0 Å². The van der Waals surface area contributed by atoms with Crippen molar-refractivity contribution in [2.45, 2.75) is 20.1 Å². The highest BCUT2D eigenvalue weighted by atomic mass is 16.6. The van der Waals surface area contributed by atoms with E-state index in [0.29, 0.717) is 31.1 Å². The first kappa shape index (κ1) is 18.7. The fraction of sp³-hybridized carbons (Fsp3) is 0.389. The molecule has 0 spiro atoms. The van der Waals surface area contributed by atoms with Crippen LogP contribution in [0, 0.1) is 6.92 Å². The van der Waals surface area contributed by atoms with Crippen LogP contribution in [0.15, 0.2) is 30.7 Å². The van der Waals surface area contributed by atoms with Crippen LogP contribution >= 0.6 is 0 Å². The summed E-state index contributed by atoms with van der Waals surface area (Å²) >= 11 is 0. The van der Waals surface area contributed by atoms with Gasteiger partial charge in [-0.2, -0.15) is 0 Å². The minimum atomic E-state index is -1.01. The monoisotopic (exact) mass is 370 g/mol. The summed E-state index contributed by atoms with van der Waals surface area (Å²) in [6.07, 6.45) is 3.02. The van der Waals surface area contributed by atoms with E-state index in [1.807, 2.05) is 27.0 Å². The number of carbonyl (C=O) groups is 2. The van der Waals surface area contributed by atoms with Crippen LogP contribution in [0.4, 0.5) is 10.6 Å². The van der Waals surface area contributed by atoms with Crippen molar-refractivity contribution in [1.82, 2.24) is 25.2 Å². The lowest BCUT2D eigenvalue weighted by Crippen LogP contribution is -2.39. The summed E-state index contributed by atoms with van der Waals surface area (Å²) in [6.45, 7) is 5.37. The maximum atomic E-state index is 12.9. The lowest BCUT2D eigenvalue weighted by atomic mass is 10.3. The highest BCUT2D eigenvalue weighted by molar-refractivity contribution is 6.08. The van der Waals surface area contributed by atoms with Crippen molar-refractivity contribution in [2.75, 3.05) is 31.6 Å². The summed E-state index contributed by atoms with van der Waals surface area (Å²) in [5.41, 5.74) is 1.43. The lowest BCUT2D eigenvalue weighted by Gasteiger charge is -2.27. The molecule has 1 atom stereocenters. The molecule has 142 valence electrons. The number of amides is 2. The third-order valence-corrected chi connectivity index (χ3v) is 4.24.